The molecule has 1 unspecified atom stereocenters. The molecule has 0 aromatic heterocycles. The van der Waals surface area contributed by atoms with Gasteiger partial charge in [0.1, 0.15) is 12.4 Å². The van der Waals surface area contributed by atoms with Gasteiger partial charge in [-0.05, 0) is 30.2 Å². The largest absolute Gasteiger partial charge is 0.355 e. The summed E-state index contributed by atoms with van der Waals surface area (Å²) in [7, 11) is 1.42. The lowest BCUT2D eigenvalue weighted by Gasteiger charge is -2.31. The smallest absolute Gasteiger partial charge is 0.249 e. The molecule has 1 aromatic carbocycles. The molecule has 1 aromatic rings. The number of nitrogens with zero attached hydrogens (tertiary/aromatic N) is 2. The molecule has 0 radical (unpaired) electrons. The average molecular weight is 343 g/mol. The van der Waals surface area contributed by atoms with Gasteiger partial charge in [-0.3, -0.25) is 14.4 Å². The fraction of sp³-hybridized carbons (Fsp3) is 0.333. The van der Waals surface area contributed by atoms with Crippen LogP contribution in [0.15, 0.2) is 23.4 Å². The molecular formula is C18H18FN3O3. The Kier molecular flexibility index (Phi) is 5.32. The minimum absolute atomic E-state index is 0.0308. The maximum atomic E-state index is 13.5. The lowest BCUT2D eigenvalue weighted by atomic mass is 9.77. The number of ketones is 1. The number of nitriles is 1. The molecule has 0 bridgehead atoms. The summed E-state index contributed by atoms with van der Waals surface area (Å²) >= 11 is 0. The minimum atomic E-state index is -0.864. The first-order valence-electron chi connectivity index (χ1n) is 7.80. The highest BCUT2D eigenvalue weighted by Gasteiger charge is 2.38. The molecule has 1 atom stereocenters. The second kappa shape index (κ2) is 7.26. The van der Waals surface area contributed by atoms with Gasteiger partial charge in [0.05, 0.1) is 17.2 Å². The quantitative estimate of drug-likeness (QED) is 0.826. The van der Waals surface area contributed by atoms with E-state index in [4.69, 9.17) is 5.26 Å². The van der Waals surface area contributed by atoms with Crippen LogP contribution in [0, 0.1) is 11.3 Å². The maximum absolute atomic E-state index is 13.5. The van der Waals surface area contributed by atoms with Crippen molar-refractivity contribution < 1.29 is 18.8 Å². The molecule has 0 aliphatic heterocycles. The third-order valence-corrected chi connectivity index (χ3v) is 4.35. The summed E-state index contributed by atoms with van der Waals surface area (Å²) in [5.41, 5.74) is 0.983. The van der Waals surface area contributed by atoms with Crippen molar-refractivity contribution in [2.75, 3.05) is 13.6 Å². The van der Waals surface area contributed by atoms with Gasteiger partial charge >= 0.3 is 0 Å². The monoisotopic (exact) mass is 343 g/mol. The summed E-state index contributed by atoms with van der Waals surface area (Å²) in [5.74, 6) is -1.67. The van der Waals surface area contributed by atoms with Gasteiger partial charge in [0.25, 0.3) is 0 Å². The number of rotatable bonds is 5. The van der Waals surface area contributed by atoms with Crippen LogP contribution in [0.5, 0.6) is 0 Å². The fourth-order valence-corrected chi connectivity index (χ4v) is 3.20. The highest BCUT2D eigenvalue weighted by Crippen LogP contribution is 2.39. The van der Waals surface area contributed by atoms with Gasteiger partial charge < -0.3 is 10.2 Å². The second-order valence-electron chi connectivity index (χ2n) is 5.63. The summed E-state index contributed by atoms with van der Waals surface area (Å²) < 4.78 is 13.5. The number of amides is 2. The molecular weight excluding hydrogens is 325 g/mol. The first-order chi connectivity index (χ1) is 11.9. The number of carbonyl (C=O) groups is 3. The molecule has 0 spiro atoms. The lowest BCUT2D eigenvalue weighted by molar-refractivity contribution is -0.117. The lowest BCUT2D eigenvalue weighted by Crippen LogP contribution is -2.37. The van der Waals surface area contributed by atoms with Crippen LogP contribution in [-0.4, -0.2) is 36.6 Å². The number of allylic oxidation sites excluding steroid dienone is 1. The molecule has 6 nitrogen and oxygen atoms in total. The number of nitrogens with one attached hydrogen (secondary N) is 1. The molecule has 1 aliphatic rings. The summed E-state index contributed by atoms with van der Waals surface area (Å²) in [6, 6.07) is 4.67. The summed E-state index contributed by atoms with van der Waals surface area (Å²) in [6.07, 6.45) is 0.484. The zero-order valence-electron chi connectivity index (χ0n) is 14.2. The Morgan fingerprint density at radius 2 is 2.16 bits per heavy atom. The predicted octanol–water partition coefficient (Wildman–Crippen LogP) is 1.81. The van der Waals surface area contributed by atoms with E-state index in [1.54, 1.807) is 13.8 Å². The van der Waals surface area contributed by atoms with E-state index in [0.717, 1.165) is 4.90 Å². The van der Waals surface area contributed by atoms with Gasteiger partial charge in [0.2, 0.25) is 18.1 Å². The molecule has 0 saturated carbocycles. The van der Waals surface area contributed by atoms with E-state index in [0.29, 0.717) is 12.0 Å². The van der Waals surface area contributed by atoms with E-state index in [9.17, 15) is 18.8 Å². The Hall–Kier alpha value is -3.01. The van der Waals surface area contributed by atoms with Crippen LogP contribution in [-0.2, 0) is 16.3 Å². The predicted molar refractivity (Wildman–Crippen MR) is 88.3 cm³/mol. The summed E-state index contributed by atoms with van der Waals surface area (Å²) in [4.78, 5) is 38.0. The molecule has 130 valence electrons. The number of carbonyl (C=O) groups excluding carboxylic acids is 3. The van der Waals surface area contributed by atoms with Crippen LogP contribution < -0.4 is 5.32 Å². The van der Waals surface area contributed by atoms with Crippen molar-refractivity contribution in [1.82, 2.24) is 10.2 Å². The zero-order chi connectivity index (χ0) is 18.7. The number of alkyl halides is 1. The fourth-order valence-electron chi connectivity index (χ4n) is 3.20. The van der Waals surface area contributed by atoms with Crippen molar-refractivity contribution in [2.45, 2.75) is 26.4 Å². The average Bonchev–Trinajstić information content (AvgIpc) is 2.64. The van der Waals surface area contributed by atoms with Crippen LogP contribution in [0.4, 0.5) is 4.39 Å². The Morgan fingerprint density at radius 1 is 1.48 bits per heavy atom. The summed E-state index contributed by atoms with van der Waals surface area (Å²) in [5, 5.41) is 11.6. The van der Waals surface area contributed by atoms with E-state index < -0.39 is 24.3 Å². The standard InChI is InChI=1S/C18H18FN3O3/c1-4-22(9-23)16-15(18(25)21-3)10(2)14-12(7-19)5-11(8-20)6-13(14)17(16)24/h5-6,9-10H,4,7H2,1-3H3,(H,21,25). The number of Topliss-reactive ketones (excluding diaryl/α,β-unsaturated/α-hetero) is 1. The first-order valence-corrected chi connectivity index (χ1v) is 7.80. The molecule has 1 N–H and O–H groups in total. The molecule has 0 heterocycles. The molecule has 2 amide bonds. The van der Waals surface area contributed by atoms with E-state index in [2.05, 4.69) is 5.32 Å². The Balaban J connectivity index is 2.85. The van der Waals surface area contributed by atoms with Crippen LogP contribution in [0.1, 0.15) is 46.8 Å². The van der Waals surface area contributed by atoms with Crippen LogP contribution in [0.2, 0.25) is 0 Å². The Bertz CT molecular complexity index is 824. The van der Waals surface area contributed by atoms with E-state index in [1.807, 2.05) is 6.07 Å². The SMILES string of the molecule is CCN(C=O)C1=C(C(=O)NC)C(C)c2c(CF)cc(C#N)cc2C1=O. The number of fused-ring (bicyclic) bond motifs is 1. The van der Waals surface area contributed by atoms with Gasteiger partial charge in [0.15, 0.2) is 0 Å². The van der Waals surface area contributed by atoms with Crippen molar-refractivity contribution in [2.24, 2.45) is 0 Å². The molecule has 0 fully saturated rings. The number of halogens is 1. The van der Waals surface area contributed by atoms with Gasteiger partial charge in [-0.1, -0.05) is 6.92 Å². The summed E-state index contributed by atoms with van der Waals surface area (Å²) in [6.45, 7) is 2.69. The zero-order valence-corrected chi connectivity index (χ0v) is 14.2. The van der Waals surface area contributed by atoms with E-state index >= 15 is 0 Å². The van der Waals surface area contributed by atoms with Crippen LogP contribution >= 0.6 is 0 Å². The van der Waals surface area contributed by atoms with Gasteiger partial charge in [-0.25, -0.2) is 4.39 Å². The molecule has 1 aliphatic carbocycles. The number of likely N-dealkylation sites (N-methyl/N-ethyl adjacent to an activating group) is 2. The van der Waals surface area contributed by atoms with Crippen molar-refractivity contribution in [3.63, 3.8) is 0 Å². The normalized spacial score (nSPS) is 16.1. The Labute approximate surface area is 144 Å². The number of hydrogen-bond donors (Lipinski definition) is 1. The maximum Gasteiger partial charge on any atom is 0.249 e. The number of hydrogen-bond acceptors (Lipinski definition) is 4. The third kappa shape index (κ3) is 2.91. The molecule has 25 heavy (non-hydrogen) atoms. The topological polar surface area (TPSA) is 90.3 Å². The molecule has 0 saturated heterocycles. The van der Waals surface area contributed by atoms with Gasteiger partial charge in [-0.15, -0.1) is 0 Å². The van der Waals surface area contributed by atoms with Crippen molar-refractivity contribution in [3.05, 3.63) is 45.7 Å². The highest BCUT2D eigenvalue weighted by atomic mass is 19.1. The van der Waals surface area contributed by atoms with Crippen molar-refractivity contribution >= 4 is 18.1 Å². The van der Waals surface area contributed by atoms with Crippen molar-refractivity contribution in [3.8, 4) is 6.07 Å². The molecule has 2 rings (SSSR count). The first kappa shape index (κ1) is 18.3. The molecule has 7 heteroatoms. The second-order valence-corrected chi connectivity index (χ2v) is 5.63. The van der Waals surface area contributed by atoms with Crippen LogP contribution in [0.25, 0.3) is 0 Å². The van der Waals surface area contributed by atoms with Gasteiger partial charge in [0, 0.05) is 25.1 Å². The number of benzene rings is 1. The minimum Gasteiger partial charge on any atom is -0.355 e. The third-order valence-electron chi connectivity index (χ3n) is 4.35. The van der Waals surface area contributed by atoms with Crippen molar-refractivity contribution in [1.29, 1.82) is 5.26 Å². The Morgan fingerprint density at radius 3 is 2.64 bits per heavy atom. The highest BCUT2D eigenvalue weighted by molar-refractivity contribution is 6.17. The van der Waals surface area contributed by atoms with E-state index in [-0.39, 0.29) is 34.5 Å². The van der Waals surface area contributed by atoms with Gasteiger partial charge in [-0.2, -0.15) is 5.26 Å². The van der Waals surface area contributed by atoms with Crippen LogP contribution in [0.3, 0.4) is 0 Å². The van der Waals surface area contributed by atoms with E-state index in [1.165, 1.54) is 19.2 Å².